The van der Waals surface area contributed by atoms with Crippen LogP contribution in [0.5, 0.6) is 0 Å². The number of allylic oxidation sites excluding steroid dienone is 16. The maximum absolute atomic E-state index is 3.61. The van der Waals surface area contributed by atoms with E-state index >= 15 is 0 Å². The van der Waals surface area contributed by atoms with E-state index in [0.29, 0.717) is 11.8 Å². The Bertz CT molecular complexity index is 2100. The quantitative estimate of drug-likeness (QED) is 0.212. The Hall–Kier alpha value is -1.96. The number of hydrogen-bond donors (Lipinski definition) is 0. The maximum atomic E-state index is 3.61. The van der Waals surface area contributed by atoms with Crippen LogP contribution in [0.15, 0.2) is 116 Å². The average molecular weight is 963 g/mol. The third-order valence-electron chi connectivity index (χ3n) is 13.5. The molecule has 0 fully saturated rings. The second kappa shape index (κ2) is 19.9. The molecular formula is C58H76Cl2SiZr-2. The van der Waals surface area contributed by atoms with Gasteiger partial charge in [-0.3, -0.25) is 0 Å². The zero-order valence-electron chi connectivity index (χ0n) is 41.5. The molecule has 2 aromatic rings. The zero-order valence-corrected chi connectivity index (χ0v) is 46.5. The van der Waals surface area contributed by atoms with Crippen molar-refractivity contribution >= 4 is 5.43 Å². The molecule has 0 bridgehead atoms. The fourth-order valence-corrected chi connectivity index (χ4v) is 9.40. The van der Waals surface area contributed by atoms with Gasteiger partial charge < -0.3 is 24.8 Å². The van der Waals surface area contributed by atoms with Gasteiger partial charge in [-0.1, -0.05) is 156 Å². The van der Waals surface area contributed by atoms with Crippen molar-refractivity contribution in [3.05, 3.63) is 162 Å². The smallest absolute Gasteiger partial charge is 0.0119 e. The van der Waals surface area contributed by atoms with Gasteiger partial charge in [-0.05, 0) is 105 Å². The molecule has 6 aliphatic carbocycles. The van der Waals surface area contributed by atoms with E-state index in [2.05, 4.69) is 190 Å². The molecule has 0 N–H and O–H groups in total. The van der Waals surface area contributed by atoms with Gasteiger partial charge in [0.1, 0.15) is 0 Å². The van der Waals surface area contributed by atoms with Crippen LogP contribution in [0.4, 0.5) is 0 Å². The van der Waals surface area contributed by atoms with E-state index in [1.807, 2.05) is 0 Å². The van der Waals surface area contributed by atoms with Crippen molar-refractivity contribution in [1.29, 1.82) is 0 Å². The summed E-state index contributed by atoms with van der Waals surface area (Å²) in [5.74, 6) is 0.826. The van der Waals surface area contributed by atoms with Gasteiger partial charge in [0.25, 0.3) is 0 Å². The first-order valence-corrected chi connectivity index (χ1v) is 28.9. The second-order valence-corrected chi connectivity index (χ2v) is 31.5. The summed E-state index contributed by atoms with van der Waals surface area (Å²) in [6.45, 7) is 39.4. The minimum absolute atomic E-state index is 0. The molecule has 0 saturated heterocycles. The standard InChI is InChI=1S/2C27H33.C4H10Si.2ClH.Zr/c2*1-17-11-19-13-18-9-8-10-23(18)25(24(19)12-17)20-14-21(26(2,3)4)16-22(15-20)27(5,6)7;1-4(2)5-3;;;/h2*12-16,25H,8-10H2,1-7H3;4H,1-3H3;2*1H;/q2*-1;;;;+2/p-2. The fourth-order valence-electron chi connectivity index (χ4n) is 9.40. The van der Waals surface area contributed by atoms with Gasteiger partial charge in [-0.2, -0.15) is 34.4 Å². The topological polar surface area (TPSA) is 0 Å². The average Bonchev–Trinajstić information content (AvgIpc) is 3.94. The van der Waals surface area contributed by atoms with Crippen molar-refractivity contribution in [2.24, 2.45) is 0 Å². The normalized spacial score (nSPS) is 20.4. The molecule has 2 aromatic carbocycles. The zero-order chi connectivity index (χ0) is 44.3. The first-order valence-electron chi connectivity index (χ1n) is 23.1. The van der Waals surface area contributed by atoms with Crippen LogP contribution < -0.4 is 24.8 Å². The van der Waals surface area contributed by atoms with Crippen LogP contribution in [0.3, 0.4) is 0 Å². The van der Waals surface area contributed by atoms with Crippen LogP contribution in [-0.4, -0.2) is 5.43 Å². The summed E-state index contributed by atoms with van der Waals surface area (Å²) in [4.78, 5) is 0. The van der Waals surface area contributed by atoms with E-state index in [4.69, 9.17) is 0 Å². The van der Waals surface area contributed by atoms with E-state index in [1.54, 1.807) is 45.6 Å². The predicted octanol–water partition coefficient (Wildman–Crippen LogP) is 10.5. The summed E-state index contributed by atoms with van der Waals surface area (Å²) < 4.78 is 0. The molecule has 0 radical (unpaired) electrons. The molecule has 0 aliphatic heterocycles. The molecule has 4 heteroatoms. The van der Waals surface area contributed by atoms with Crippen molar-refractivity contribution in [1.82, 2.24) is 0 Å². The Balaban J connectivity index is 0.000000234. The summed E-state index contributed by atoms with van der Waals surface area (Å²) >= 11 is 1.77. The molecule has 0 heterocycles. The SMILES string of the molecule is CC(C)[Si](C)=[Zr+2].CC1=[C-]C2=CC3=C(CCC3)C(c3cc(C(C)(C)C)cc(C(C)(C)C)c3)C2=C1.CC1=[C-]C2=CC3=C(CCC3)C(c3cc(C(C)(C)C)cc(C(C)(C)C)c3)C2=C1.[Cl-].[Cl-]. The van der Waals surface area contributed by atoms with Crippen LogP contribution in [0.1, 0.15) is 195 Å². The molecule has 0 amide bonds. The minimum Gasteiger partial charge on any atom is -1.00 e. The van der Waals surface area contributed by atoms with Gasteiger partial charge in [0, 0.05) is 0 Å². The first kappa shape index (κ1) is 52.7. The van der Waals surface area contributed by atoms with Crippen molar-refractivity contribution < 1.29 is 48.1 Å². The molecule has 6 aliphatic rings. The van der Waals surface area contributed by atoms with E-state index < -0.39 is 0 Å². The number of halogens is 2. The number of rotatable bonds is 3. The molecule has 0 aromatic heterocycles. The Morgan fingerprint density at radius 2 is 0.806 bits per heavy atom. The Morgan fingerprint density at radius 3 is 1.06 bits per heavy atom. The van der Waals surface area contributed by atoms with Gasteiger partial charge in [0.15, 0.2) is 0 Å². The molecule has 332 valence electrons. The van der Waals surface area contributed by atoms with Gasteiger partial charge >= 0.3 is 54.7 Å². The molecular weight excluding hydrogens is 887 g/mol. The summed E-state index contributed by atoms with van der Waals surface area (Å²) in [5, 5.41) is 0. The molecule has 8 rings (SSSR count). The largest absolute Gasteiger partial charge is 1.00 e. The van der Waals surface area contributed by atoms with Crippen LogP contribution in [0, 0.1) is 12.2 Å². The van der Waals surface area contributed by atoms with E-state index in [-0.39, 0.29) is 51.9 Å². The van der Waals surface area contributed by atoms with Crippen LogP contribution in [0.2, 0.25) is 12.1 Å². The Labute approximate surface area is 407 Å². The van der Waals surface area contributed by atoms with E-state index in [9.17, 15) is 0 Å². The van der Waals surface area contributed by atoms with Gasteiger partial charge in [-0.25, -0.2) is 0 Å². The molecule has 62 heavy (non-hydrogen) atoms. The van der Waals surface area contributed by atoms with E-state index in [0.717, 1.165) is 5.54 Å². The van der Waals surface area contributed by atoms with Crippen LogP contribution in [-0.2, 0) is 45.0 Å². The third-order valence-corrected chi connectivity index (χ3v) is 19.5. The van der Waals surface area contributed by atoms with Crippen LogP contribution in [0.25, 0.3) is 0 Å². The van der Waals surface area contributed by atoms with Crippen molar-refractivity contribution in [2.45, 2.75) is 195 Å². The number of hydrogen-bond acceptors (Lipinski definition) is 0. The molecule has 0 spiro atoms. The summed E-state index contributed by atoms with van der Waals surface area (Å²) in [6, 6.07) is 14.8. The van der Waals surface area contributed by atoms with Gasteiger partial charge in [0.05, 0.1) is 0 Å². The van der Waals surface area contributed by atoms with Gasteiger partial charge in [-0.15, -0.1) is 35.5 Å². The summed E-state index contributed by atoms with van der Waals surface area (Å²) in [7, 11) is 0. The Kier molecular flexibility index (Phi) is 16.9. The maximum Gasteiger partial charge on any atom is -0.0119 e. The van der Waals surface area contributed by atoms with Crippen molar-refractivity contribution in [3.8, 4) is 0 Å². The van der Waals surface area contributed by atoms with Crippen LogP contribution >= 0.6 is 0 Å². The minimum atomic E-state index is 0. The molecule has 0 saturated carbocycles. The number of benzene rings is 2. The first-order chi connectivity index (χ1) is 27.7. The summed E-state index contributed by atoms with van der Waals surface area (Å²) in [6.07, 6.45) is 24.3. The van der Waals surface area contributed by atoms with Gasteiger partial charge in [0.2, 0.25) is 0 Å². The van der Waals surface area contributed by atoms with Crippen molar-refractivity contribution in [2.75, 3.05) is 0 Å². The third kappa shape index (κ3) is 11.9. The fraction of sp³-hybridized carbons (Fsp3) is 0.517. The second-order valence-electron chi connectivity index (χ2n) is 23.1. The Morgan fingerprint density at radius 1 is 0.516 bits per heavy atom. The van der Waals surface area contributed by atoms with Crippen molar-refractivity contribution in [3.63, 3.8) is 0 Å². The molecule has 0 nitrogen and oxygen atoms in total. The van der Waals surface area contributed by atoms with E-state index in [1.165, 1.54) is 105 Å². The molecule has 2 unspecified atom stereocenters. The predicted molar refractivity (Wildman–Crippen MR) is 259 cm³/mol. The monoisotopic (exact) mass is 960 g/mol. The number of fused-ring (bicyclic) bond motifs is 2. The molecule has 2 atom stereocenters. The summed E-state index contributed by atoms with van der Waals surface area (Å²) in [5.41, 5.74) is 25.1.